The van der Waals surface area contributed by atoms with Gasteiger partial charge in [0, 0.05) is 24.1 Å². The zero-order chi connectivity index (χ0) is 25.0. The van der Waals surface area contributed by atoms with Crippen molar-refractivity contribution in [1.82, 2.24) is 5.32 Å². The molecule has 1 atom stereocenters. The van der Waals surface area contributed by atoms with Gasteiger partial charge >= 0.3 is 5.97 Å². The summed E-state index contributed by atoms with van der Waals surface area (Å²) in [6.07, 6.45) is 3.43. The predicted molar refractivity (Wildman–Crippen MR) is 140 cm³/mol. The van der Waals surface area contributed by atoms with E-state index in [0.29, 0.717) is 31.1 Å². The minimum absolute atomic E-state index is 0.113. The normalized spacial score (nSPS) is 11.6. The van der Waals surface area contributed by atoms with Gasteiger partial charge in [0.1, 0.15) is 5.75 Å². The molecule has 0 saturated carbocycles. The molecule has 0 heterocycles. The standard InChI is InChI=1S/C30H35NO4/c1-3-22(2)27-20-24(17-18-26(27)23-12-6-4-7-13-23)30(34)31-21-25-14-9-10-15-28(25)35-19-11-5-8-16-29(32)33/h4,6-7,9-10,12-15,17-18,20,22H,3,5,8,11,16,19,21H2,1-2H3,(H,31,34)(H,32,33). The summed E-state index contributed by atoms with van der Waals surface area (Å²) in [5, 5.41) is 11.8. The Labute approximate surface area is 208 Å². The molecule has 1 amide bonds. The Kier molecular flexibility index (Phi) is 9.91. The molecule has 3 aromatic carbocycles. The van der Waals surface area contributed by atoms with Gasteiger partial charge in [-0.3, -0.25) is 9.59 Å². The summed E-state index contributed by atoms with van der Waals surface area (Å²) in [5.74, 6) is 0.198. The Morgan fingerprint density at radius 1 is 0.943 bits per heavy atom. The van der Waals surface area contributed by atoms with Gasteiger partial charge in [0.2, 0.25) is 0 Å². The van der Waals surface area contributed by atoms with Crippen LogP contribution in [0.2, 0.25) is 0 Å². The van der Waals surface area contributed by atoms with Crippen LogP contribution in [0.15, 0.2) is 72.8 Å². The second-order valence-corrected chi connectivity index (χ2v) is 8.82. The van der Waals surface area contributed by atoms with Crippen LogP contribution in [0.25, 0.3) is 11.1 Å². The van der Waals surface area contributed by atoms with Gasteiger partial charge in [0.15, 0.2) is 0 Å². The summed E-state index contributed by atoms with van der Waals surface area (Å²) in [6.45, 7) is 5.24. The quantitative estimate of drug-likeness (QED) is 0.267. The van der Waals surface area contributed by atoms with Crippen LogP contribution in [0, 0.1) is 0 Å². The molecule has 0 bridgehead atoms. The van der Waals surface area contributed by atoms with Crippen molar-refractivity contribution in [2.45, 2.75) is 58.4 Å². The summed E-state index contributed by atoms with van der Waals surface area (Å²) >= 11 is 0. The third-order valence-corrected chi connectivity index (χ3v) is 6.25. The number of ether oxygens (including phenoxy) is 1. The molecule has 5 heteroatoms. The van der Waals surface area contributed by atoms with Crippen LogP contribution in [-0.2, 0) is 11.3 Å². The largest absolute Gasteiger partial charge is 0.493 e. The number of benzene rings is 3. The van der Waals surface area contributed by atoms with Crippen molar-refractivity contribution in [3.05, 3.63) is 89.5 Å². The smallest absolute Gasteiger partial charge is 0.303 e. The first-order valence-corrected chi connectivity index (χ1v) is 12.4. The van der Waals surface area contributed by atoms with E-state index >= 15 is 0 Å². The van der Waals surface area contributed by atoms with Gasteiger partial charge in [-0.25, -0.2) is 0 Å². The summed E-state index contributed by atoms with van der Waals surface area (Å²) in [7, 11) is 0. The summed E-state index contributed by atoms with van der Waals surface area (Å²) in [6, 6.07) is 23.9. The minimum Gasteiger partial charge on any atom is -0.493 e. The van der Waals surface area contributed by atoms with E-state index < -0.39 is 5.97 Å². The monoisotopic (exact) mass is 473 g/mol. The highest BCUT2D eigenvalue weighted by Crippen LogP contribution is 2.32. The number of hydrogen-bond donors (Lipinski definition) is 2. The number of carboxylic acids is 1. The van der Waals surface area contributed by atoms with E-state index in [-0.39, 0.29) is 12.3 Å². The highest BCUT2D eigenvalue weighted by Gasteiger charge is 2.15. The van der Waals surface area contributed by atoms with Crippen LogP contribution < -0.4 is 10.1 Å². The van der Waals surface area contributed by atoms with Crippen LogP contribution in [0.5, 0.6) is 5.75 Å². The maximum absolute atomic E-state index is 13.0. The highest BCUT2D eigenvalue weighted by molar-refractivity contribution is 5.95. The molecule has 0 aromatic heterocycles. The first kappa shape index (κ1) is 26.0. The minimum atomic E-state index is -0.766. The van der Waals surface area contributed by atoms with Crippen LogP contribution >= 0.6 is 0 Å². The number of aliphatic carboxylic acids is 1. The average Bonchev–Trinajstić information content (AvgIpc) is 2.89. The predicted octanol–water partition coefficient (Wildman–Crippen LogP) is 6.82. The Balaban J connectivity index is 1.64. The molecule has 0 saturated heterocycles. The molecule has 3 aromatic rings. The molecule has 3 rings (SSSR count). The number of rotatable bonds is 13. The molecule has 184 valence electrons. The van der Waals surface area contributed by atoms with Crippen molar-refractivity contribution < 1.29 is 19.4 Å². The molecule has 0 spiro atoms. The maximum Gasteiger partial charge on any atom is 0.303 e. The third kappa shape index (κ3) is 7.71. The van der Waals surface area contributed by atoms with Gasteiger partial charge in [0.25, 0.3) is 5.91 Å². The van der Waals surface area contributed by atoms with E-state index in [4.69, 9.17) is 9.84 Å². The fourth-order valence-corrected chi connectivity index (χ4v) is 4.02. The van der Waals surface area contributed by atoms with E-state index in [1.54, 1.807) is 0 Å². The lowest BCUT2D eigenvalue weighted by Crippen LogP contribution is -2.23. The van der Waals surface area contributed by atoms with Crippen LogP contribution in [-0.4, -0.2) is 23.6 Å². The fraction of sp³-hybridized carbons (Fsp3) is 0.333. The first-order valence-electron chi connectivity index (χ1n) is 12.4. The molecule has 1 unspecified atom stereocenters. The van der Waals surface area contributed by atoms with Crippen molar-refractivity contribution in [3.8, 4) is 16.9 Å². The topological polar surface area (TPSA) is 75.6 Å². The fourth-order valence-electron chi connectivity index (χ4n) is 4.02. The summed E-state index contributed by atoms with van der Waals surface area (Å²) in [4.78, 5) is 23.6. The second-order valence-electron chi connectivity index (χ2n) is 8.82. The molecule has 0 aliphatic heterocycles. The van der Waals surface area contributed by atoms with Crippen LogP contribution in [0.3, 0.4) is 0 Å². The number of carboxylic acid groups (broad SMARTS) is 1. The van der Waals surface area contributed by atoms with E-state index in [0.717, 1.165) is 36.1 Å². The lowest BCUT2D eigenvalue weighted by atomic mass is 9.88. The maximum atomic E-state index is 13.0. The second kappa shape index (κ2) is 13.3. The molecule has 5 nitrogen and oxygen atoms in total. The lowest BCUT2D eigenvalue weighted by Gasteiger charge is -2.17. The average molecular weight is 474 g/mol. The van der Waals surface area contributed by atoms with Gasteiger partial charge in [-0.15, -0.1) is 0 Å². The van der Waals surface area contributed by atoms with E-state index in [1.165, 1.54) is 11.1 Å². The van der Waals surface area contributed by atoms with E-state index in [2.05, 4.69) is 31.3 Å². The Morgan fingerprint density at radius 3 is 2.43 bits per heavy atom. The number of carbonyl (C=O) groups excluding carboxylic acids is 1. The van der Waals surface area contributed by atoms with Crippen molar-refractivity contribution >= 4 is 11.9 Å². The molecule has 0 aliphatic rings. The Morgan fingerprint density at radius 2 is 1.69 bits per heavy atom. The molecular weight excluding hydrogens is 438 g/mol. The molecule has 2 N–H and O–H groups in total. The van der Waals surface area contributed by atoms with Gasteiger partial charge in [0.05, 0.1) is 6.61 Å². The third-order valence-electron chi connectivity index (χ3n) is 6.25. The highest BCUT2D eigenvalue weighted by atomic mass is 16.5. The Bertz CT molecular complexity index is 1110. The lowest BCUT2D eigenvalue weighted by molar-refractivity contribution is -0.137. The Hall–Kier alpha value is -3.60. The van der Waals surface area contributed by atoms with Gasteiger partial charge < -0.3 is 15.2 Å². The van der Waals surface area contributed by atoms with Gasteiger partial charge in [-0.2, -0.15) is 0 Å². The van der Waals surface area contributed by atoms with Crippen molar-refractivity contribution in [2.24, 2.45) is 0 Å². The van der Waals surface area contributed by atoms with Crippen molar-refractivity contribution in [1.29, 1.82) is 0 Å². The number of unbranched alkanes of at least 4 members (excludes halogenated alkanes) is 2. The van der Waals surface area contributed by atoms with E-state index in [9.17, 15) is 9.59 Å². The zero-order valence-electron chi connectivity index (χ0n) is 20.6. The van der Waals surface area contributed by atoms with Crippen LogP contribution in [0.1, 0.15) is 73.4 Å². The molecule has 35 heavy (non-hydrogen) atoms. The number of hydrogen-bond acceptors (Lipinski definition) is 3. The van der Waals surface area contributed by atoms with E-state index in [1.807, 2.05) is 60.7 Å². The first-order chi connectivity index (χ1) is 17.0. The van der Waals surface area contributed by atoms with Crippen molar-refractivity contribution in [3.63, 3.8) is 0 Å². The van der Waals surface area contributed by atoms with Gasteiger partial charge in [-0.05, 0) is 66.5 Å². The molecule has 0 aliphatic carbocycles. The van der Waals surface area contributed by atoms with Crippen LogP contribution in [0.4, 0.5) is 0 Å². The van der Waals surface area contributed by atoms with Gasteiger partial charge in [-0.1, -0.05) is 68.4 Å². The number of nitrogens with one attached hydrogen (secondary N) is 1. The number of carbonyl (C=O) groups is 2. The molecular formula is C30H35NO4. The summed E-state index contributed by atoms with van der Waals surface area (Å²) in [5.41, 5.74) is 5.06. The number of amides is 1. The SMILES string of the molecule is CCC(C)c1cc(C(=O)NCc2ccccc2OCCCCCC(=O)O)ccc1-c1ccccc1. The van der Waals surface area contributed by atoms with Crippen molar-refractivity contribution in [2.75, 3.05) is 6.61 Å². The molecule has 0 fully saturated rings. The number of para-hydroxylation sites is 1. The summed E-state index contributed by atoms with van der Waals surface area (Å²) < 4.78 is 5.91. The molecule has 0 radical (unpaired) electrons. The zero-order valence-corrected chi connectivity index (χ0v) is 20.6.